The lowest BCUT2D eigenvalue weighted by Gasteiger charge is -2.33. The van der Waals surface area contributed by atoms with Gasteiger partial charge in [0, 0.05) is 19.5 Å². The topological polar surface area (TPSA) is 32.3 Å². The van der Waals surface area contributed by atoms with Gasteiger partial charge in [-0.1, -0.05) is 39.0 Å². The maximum Gasteiger partial charge on any atom is 0.222 e. The zero-order valence-electron chi connectivity index (χ0n) is 14.1. The van der Waals surface area contributed by atoms with E-state index in [0.29, 0.717) is 17.9 Å². The van der Waals surface area contributed by atoms with Crippen molar-refractivity contribution in [3.8, 4) is 0 Å². The van der Waals surface area contributed by atoms with E-state index in [2.05, 4.69) is 17.1 Å². The van der Waals surface area contributed by atoms with Crippen molar-refractivity contribution in [2.45, 2.75) is 77.2 Å². The minimum absolute atomic E-state index is 0.381. The summed E-state index contributed by atoms with van der Waals surface area (Å²) in [6.07, 6.45) is 12.3. The highest BCUT2D eigenvalue weighted by Gasteiger charge is 2.26. The number of amides is 1. The average Bonchev–Trinajstić information content (AvgIpc) is 2.47. The van der Waals surface area contributed by atoms with Crippen molar-refractivity contribution >= 4 is 5.91 Å². The van der Waals surface area contributed by atoms with Crippen LogP contribution in [0.3, 0.4) is 0 Å². The van der Waals surface area contributed by atoms with Gasteiger partial charge in [-0.25, -0.2) is 0 Å². The molecule has 1 saturated carbocycles. The molecule has 0 aromatic rings. The maximum absolute atomic E-state index is 12.6. The second-order valence-corrected chi connectivity index (χ2v) is 7.27. The molecule has 0 aromatic heterocycles. The second-order valence-electron chi connectivity index (χ2n) is 7.27. The minimum Gasteiger partial charge on any atom is -0.343 e. The van der Waals surface area contributed by atoms with E-state index >= 15 is 0 Å². The highest BCUT2D eigenvalue weighted by molar-refractivity contribution is 5.76. The Balaban J connectivity index is 1.79. The molecule has 1 aliphatic heterocycles. The molecular weight excluding hydrogens is 260 g/mol. The molecule has 0 radical (unpaired) electrons. The normalized spacial score (nSPS) is 24.1. The summed E-state index contributed by atoms with van der Waals surface area (Å²) in [7, 11) is 2.05. The van der Waals surface area contributed by atoms with Gasteiger partial charge in [-0.05, 0) is 50.6 Å². The monoisotopic (exact) mass is 294 g/mol. The molecule has 2 fully saturated rings. The van der Waals surface area contributed by atoms with E-state index in [-0.39, 0.29) is 0 Å². The second kappa shape index (κ2) is 8.77. The van der Waals surface area contributed by atoms with Gasteiger partial charge in [-0.3, -0.25) is 4.79 Å². The first-order valence-electron chi connectivity index (χ1n) is 9.15. The summed E-state index contributed by atoms with van der Waals surface area (Å²) in [5.74, 6) is 1.66. The molecule has 1 amide bonds. The van der Waals surface area contributed by atoms with E-state index < -0.39 is 0 Å². The fourth-order valence-corrected chi connectivity index (χ4v) is 4.02. The van der Waals surface area contributed by atoms with Gasteiger partial charge in [0.05, 0.1) is 0 Å². The highest BCUT2D eigenvalue weighted by Crippen LogP contribution is 2.26. The van der Waals surface area contributed by atoms with Crippen molar-refractivity contribution in [2.24, 2.45) is 11.8 Å². The Morgan fingerprint density at radius 2 is 1.62 bits per heavy atom. The van der Waals surface area contributed by atoms with Gasteiger partial charge in [0.15, 0.2) is 0 Å². The first kappa shape index (κ1) is 16.8. The summed E-state index contributed by atoms with van der Waals surface area (Å²) in [5.41, 5.74) is 0. The standard InChI is InChI=1S/C18H34N2O/c1-15(16-10-12-19-13-11-16)14-18(21)20(2)17-8-6-4-3-5-7-9-17/h15-17,19H,3-14H2,1-2H3. The first-order chi connectivity index (χ1) is 10.2. The number of carbonyl (C=O) groups is 1. The van der Waals surface area contributed by atoms with Crippen LogP contribution in [0.1, 0.15) is 71.1 Å². The Kier molecular flexibility index (Phi) is 7.01. The number of nitrogens with one attached hydrogen (secondary N) is 1. The molecule has 2 aliphatic rings. The predicted octanol–water partition coefficient (Wildman–Crippen LogP) is 3.58. The fraction of sp³-hybridized carbons (Fsp3) is 0.944. The summed E-state index contributed by atoms with van der Waals surface area (Å²) in [6.45, 7) is 4.53. The van der Waals surface area contributed by atoms with Gasteiger partial charge in [0.1, 0.15) is 0 Å². The number of rotatable bonds is 4. The molecule has 2 rings (SSSR count). The van der Waals surface area contributed by atoms with Gasteiger partial charge < -0.3 is 10.2 Å². The van der Waals surface area contributed by atoms with Crippen LogP contribution >= 0.6 is 0 Å². The van der Waals surface area contributed by atoms with E-state index in [4.69, 9.17) is 0 Å². The first-order valence-corrected chi connectivity index (χ1v) is 9.15. The van der Waals surface area contributed by atoms with Gasteiger partial charge in [-0.2, -0.15) is 0 Å². The Morgan fingerprint density at radius 3 is 2.24 bits per heavy atom. The van der Waals surface area contributed by atoms with E-state index in [1.54, 1.807) is 0 Å². The molecule has 0 aromatic carbocycles. The van der Waals surface area contributed by atoms with Crippen molar-refractivity contribution in [3.05, 3.63) is 0 Å². The fourth-order valence-electron chi connectivity index (χ4n) is 4.02. The lowest BCUT2D eigenvalue weighted by atomic mass is 9.83. The van der Waals surface area contributed by atoms with Gasteiger partial charge in [0.25, 0.3) is 0 Å². The summed E-state index contributed by atoms with van der Waals surface area (Å²) in [5, 5.41) is 3.41. The minimum atomic E-state index is 0.381. The van der Waals surface area contributed by atoms with Crippen molar-refractivity contribution in [3.63, 3.8) is 0 Å². The van der Waals surface area contributed by atoms with Crippen LogP contribution in [-0.4, -0.2) is 37.0 Å². The van der Waals surface area contributed by atoms with Crippen molar-refractivity contribution in [1.29, 1.82) is 0 Å². The summed E-state index contributed by atoms with van der Waals surface area (Å²) in [6, 6.07) is 0.498. The van der Waals surface area contributed by atoms with Crippen molar-refractivity contribution in [2.75, 3.05) is 20.1 Å². The zero-order chi connectivity index (χ0) is 15.1. The van der Waals surface area contributed by atoms with Crippen molar-refractivity contribution < 1.29 is 4.79 Å². The van der Waals surface area contributed by atoms with E-state index in [9.17, 15) is 4.79 Å². The zero-order valence-corrected chi connectivity index (χ0v) is 14.1. The third-order valence-electron chi connectivity index (χ3n) is 5.70. The third-order valence-corrected chi connectivity index (χ3v) is 5.70. The van der Waals surface area contributed by atoms with Crippen LogP contribution in [0.4, 0.5) is 0 Å². The van der Waals surface area contributed by atoms with E-state index in [1.807, 2.05) is 7.05 Å². The Morgan fingerprint density at radius 1 is 1.05 bits per heavy atom. The molecule has 3 nitrogen and oxygen atoms in total. The van der Waals surface area contributed by atoms with Crippen molar-refractivity contribution in [1.82, 2.24) is 10.2 Å². The molecule has 0 bridgehead atoms. The van der Waals surface area contributed by atoms with Crippen LogP contribution in [0.2, 0.25) is 0 Å². The highest BCUT2D eigenvalue weighted by atomic mass is 16.2. The molecule has 1 heterocycles. The summed E-state index contributed by atoms with van der Waals surface area (Å²) < 4.78 is 0. The lowest BCUT2D eigenvalue weighted by Crippen LogP contribution is -2.39. The molecule has 122 valence electrons. The molecule has 1 aliphatic carbocycles. The van der Waals surface area contributed by atoms with Gasteiger partial charge >= 0.3 is 0 Å². The summed E-state index contributed by atoms with van der Waals surface area (Å²) in [4.78, 5) is 14.7. The number of piperidine rings is 1. The largest absolute Gasteiger partial charge is 0.343 e. The SMILES string of the molecule is CC(CC(=O)N(C)C1CCCCCCC1)C1CCNCC1. The molecule has 1 saturated heterocycles. The number of nitrogens with zero attached hydrogens (tertiary/aromatic N) is 1. The maximum atomic E-state index is 12.6. The third kappa shape index (κ3) is 5.28. The number of carbonyl (C=O) groups excluding carboxylic acids is 1. The Bertz CT molecular complexity index is 304. The van der Waals surface area contributed by atoms with Crippen LogP contribution in [0.15, 0.2) is 0 Å². The van der Waals surface area contributed by atoms with E-state index in [1.165, 1.54) is 57.8 Å². The van der Waals surface area contributed by atoms with Crippen LogP contribution in [-0.2, 0) is 4.79 Å². The van der Waals surface area contributed by atoms with E-state index in [0.717, 1.165) is 25.4 Å². The Hall–Kier alpha value is -0.570. The molecule has 1 atom stereocenters. The molecule has 0 spiro atoms. The lowest BCUT2D eigenvalue weighted by molar-refractivity contribution is -0.133. The Labute approximate surface area is 130 Å². The van der Waals surface area contributed by atoms with Crippen LogP contribution in [0.5, 0.6) is 0 Å². The van der Waals surface area contributed by atoms with Gasteiger partial charge in [-0.15, -0.1) is 0 Å². The predicted molar refractivity (Wildman–Crippen MR) is 88.3 cm³/mol. The smallest absolute Gasteiger partial charge is 0.222 e. The average molecular weight is 294 g/mol. The quantitative estimate of drug-likeness (QED) is 0.859. The number of hydrogen-bond donors (Lipinski definition) is 1. The molecular formula is C18H34N2O. The molecule has 1 N–H and O–H groups in total. The molecule has 1 unspecified atom stereocenters. The van der Waals surface area contributed by atoms with Gasteiger partial charge in [0.2, 0.25) is 5.91 Å². The van der Waals surface area contributed by atoms with Crippen LogP contribution < -0.4 is 5.32 Å². The number of hydrogen-bond acceptors (Lipinski definition) is 2. The van der Waals surface area contributed by atoms with Crippen LogP contribution in [0.25, 0.3) is 0 Å². The molecule has 21 heavy (non-hydrogen) atoms. The van der Waals surface area contributed by atoms with Crippen LogP contribution in [0, 0.1) is 11.8 Å². The summed E-state index contributed by atoms with van der Waals surface area (Å²) >= 11 is 0. The molecule has 3 heteroatoms.